The molecule has 40 heavy (non-hydrogen) atoms. The lowest BCUT2D eigenvalue weighted by atomic mass is 9.99. The van der Waals surface area contributed by atoms with Crippen LogP contribution in [0, 0.1) is 5.92 Å². The lowest BCUT2D eigenvalue weighted by Crippen LogP contribution is -2.33. The van der Waals surface area contributed by atoms with E-state index < -0.39 is 0 Å². The quantitative estimate of drug-likeness (QED) is 0.198. The van der Waals surface area contributed by atoms with Gasteiger partial charge in [0.25, 0.3) is 0 Å². The Balaban J connectivity index is 1.29. The second kappa shape index (κ2) is 11.0. The molecule has 4 aromatic carbocycles. The molecule has 0 unspecified atom stereocenters. The van der Waals surface area contributed by atoms with Crippen LogP contribution in [0.15, 0.2) is 103 Å². The number of hydrogen-bond acceptors (Lipinski definition) is 3. The van der Waals surface area contributed by atoms with Crippen molar-refractivity contribution < 1.29 is 9.53 Å². The Labute approximate surface area is 236 Å². The van der Waals surface area contributed by atoms with Crippen molar-refractivity contribution >= 4 is 22.5 Å². The summed E-state index contributed by atoms with van der Waals surface area (Å²) in [6.45, 7) is 5.59. The van der Waals surface area contributed by atoms with Crippen LogP contribution in [-0.4, -0.2) is 22.8 Å². The highest BCUT2D eigenvalue weighted by atomic mass is 16.5. The maximum Gasteiger partial charge on any atom is 0.231 e. The molecular weight excluding hydrogens is 494 g/mol. The number of amides is 1. The van der Waals surface area contributed by atoms with Crippen LogP contribution < -0.4 is 9.64 Å². The normalized spacial score (nSPS) is 16.3. The van der Waals surface area contributed by atoms with Crippen LogP contribution in [0.3, 0.4) is 0 Å². The van der Waals surface area contributed by atoms with Gasteiger partial charge in [-0.2, -0.15) is 5.10 Å². The van der Waals surface area contributed by atoms with Crippen molar-refractivity contribution in [3.05, 3.63) is 126 Å². The molecule has 0 aliphatic heterocycles. The van der Waals surface area contributed by atoms with Gasteiger partial charge in [0.2, 0.25) is 5.91 Å². The summed E-state index contributed by atoms with van der Waals surface area (Å²) >= 11 is 0. The first-order valence-corrected chi connectivity index (χ1v) is 14.0. The second-order valence-electron chi connectivity index (χ2n) is 11.0. The molecule has 1 fully saturated rings. The van der Waals surface area contributed by atoms with Gasteiger partial charge < -0.3 is 9.64 Å². The van der Waals surface area contributed by atoms with Crippen LogP contribution in [0.5, 0.6) is 5.75 Å². The van der Waals surface area contributed by atoms with Crippen molar-refractivity contribution in [3.8, 4) is 5.75 Å². The molecule has 5 aromatic rings. The van der Waals surface area contributed by atoms with E-state index in [0.717, 1.165) is 46.4 Å². The van der Waals surface area contributed by atoms with E-state index in [2.05, 4.69) is 84.3 Å². The Morgan fingerprint density at radius 2 is 1.68 bits per heavy atom. The van der Waals surface area contributed by atoms with Crippen LogP contribution in [0.2, 0.25) is 0 Å². The van der Waals surface area contributed by atoms with E-state index >= 15 is 0 Å². The van der Waals surface area contributed by atoms with Crippen LogP contribution in [-0.2, 0) is 17.9 Å². The third kappa shape index (κ3) is 5.24. The molecule has 6 rings (SSSR count). The average molecular weight is 530 g/mol. The Kier molecular flexibility index (Phi) is 7.12. The minimum atomic E-state index is -0.0474. The minimum Gasteiger partial charge on any atom is -0.497 e. The average Bonchev–Trinajstić information content (AvgIpc) is 3.70. The number of carbonyl (C=O) groups is 1. The van der Waals surface area contributed by atoms with Gasteiger partial charge in [-0.05, 0) is 64.8 Å². The fourth-order valence-electron chi connectivity index (χ4n) is 5.65. The number of fused-ring (bicyclic) bond motifs is 1. The van der Waals surface area contributed by atoms with Crippen molar-refractivity contribution in [1.29, 1.82) is 0 Å². The van der Waals surface area contributed by atoms with Gasteiger partial charge in [-0.15, -0.1) is 0 Å². The van der Waals surface area contributed by atoms with E-state index in [1.165, 1.54) is 11.1 Å². The number of rotatable bonds is 9. The molecule has 1 aliphatic carbocycles. The summed E-state index contributed by atoms with van der Waals surface area (Å²) < 4.78 is 7.58. The van der Waals surface area contributed by atoms with Crippen LogP contribution in [0.4, 0.5) is 5.69 Å². The van der Waals surface area contributed by atoms with E-state index in [1.807, 2.05) is 47.5 Å². The molecule has 1 amide bonds. The van der Waals surface area contributed by atoms with Gasteiger partial charge in [-0.25, -0.2) is 0 Å². The standard InChI is InChI=1S/C35H35N3O2/c1-24(2)30-19-29(40-3)16-17-33(30)37(22-25-10-6-4-7-11-25)35(39)32-20-31(32)27-14-15-28-21-36-38(34(28)18-27)23-26-12-8-5-9-13-26/h4-19,21,24,31-32H,20,22-23H2,1-3H3/t31-,32+/m0/s1. The smallest absolute Gasteiger partial charge is 0.231 e. The van der Waals surface area contributed by atoms with Crippen LogP contribution >= 0.6 is 0 Å². The van der Waals surface area contributed by atoms with Gasteiger partial charge in [0.05, 0.1) is 31.9 Å². The van der Waals surface area contributed by atoms with Crippen molar-refractivity contribution in [2.75, 3.05) is 12.0 Å². The summed E-state index contributed by atoms with van der Waals surface area (Å²) in [4.78, 5) is 16.2. The Morgan fingerprint density at radius 1 is 0.950 bits per heavy atom. The maximum atomic E-state index is 14.2. The number of carbonyl (C=O) groups excluding carboxylic acids is 1. The summed E-state index contributed by atoms with van der Waals surface area (Å²) in [5, 5.41) is 5.77. The highest BCUT2D eigenvalue weighted by Crippen LogP contribution is 2.50. The molecule has 1 aliphatic rings. The third-order valence-electron chi connectivity index (χ3n) is 7.98. The molecule has 5 nitrogen and oxygen atoms in total. The molecule has 0 bridgehead atoms. The van der Waals surface area contributed by atoms with Crippen LogP contribution in [0.1, 0.15) is 54.4 Å². The predicted molar refractivity (Wildman–Crippen MR) is 161 cm³/mol. The molecule has 5 heteroatoms. The molecule has 2 atom stereocenters. The predicted octanol–water partition coefficient (Wildman–Crippen LogP) is 7.55. The van der Waals surface area contributed by atoms with E-state index in [0.29, 0.717) is 6.54 Å². The zero-order valence-electron chi connectivity index (χ0n) is 23.3. The summed E-state index contributed by atoms with van der Waals surface area (Å²) in [6, 6.07) is 33.3. The number of ether oxygens (including phenoxy) is 1. The molecule has 0 N–H and O–H groups in total. The fraction of sp³-hybridized carbons (Fsp3) is 0.257. The second-order valence-corrected chi connectivity index (χ2v) is 11.0. The van der Waals surface area contributed by atoms with Crippen molar-refractivity contribution in [1.82, 2.24) is 9.78 Å². The first-order chi connectivity index (χ1) is 19.5. The molecule has 1 aromatic heterocycles. The topological polar surface area (TPSA) is 47.4 Å². The summed E-state index contributed by atoms with van der Waals surface area (Å²) in [5.74, 6) is 1.39. The molecular formula is C35H35N3O2. The monoisotopic (exact) mass is 529 g/mol. The molecule has 0 radical (unpaired) electrons. The third-order valence-corrected chi connectivity index (χ3v) is 7.98. The van der Waals surface area contributed by atoms with Crippen molar-refractivity contribution in [2.45, 2.75) is 45.2 Å². The van der Waals surface area contributed by atoms with Gasteiger partial charge >= 0.3 is 0 Å². The number of methoxy groups -OCH3 is 1. The molecule has 1 saturated carbocycles. The van der Waals surface area contributed by atoms with E-state index in [4.69, 9.17) is 4.74 Å². The zero-order valence-corrected chi connectivity index (χ0v) is 23.3. The Bertz CT molecular complexity index is 1630. The van der Waals surface area contributed by atoms with Gasteiger partial charge in [-0.3, -0.25) is 9.48 Å². The molecule has 0 spiro atoms. The summed E-state index contributed by atoms with van der Waals surface area (Å²) in [7, 11) is 1.68. The maximum absolute atomic E-state index is 14.2. The van der Waals surface area contributed by atoms with Gasteiger partial charge in [0.15, 0.2) is 0 Å². The Hall–Kier alpha value is -4.38. The zero-order chi connectivity index (χ0) is 27.6. The lowest BCUT2D eigenvalue weighted by molar-refractivity contribution is -0.120. The SMILES string of the molecule is COc1ccc(N(Cc2ccccc2)C(=O)[C@@H]2C[C@H]2c2ccc3cnn(Cc4ccccc4)c3c2)c(C(C)C)c1. The largest absolute Gasteiger partial charge is 0.497 e. The Morgan fingerprint density at radius 3 is 2.38 bits per heavy atom. The van der Waals surface area contributed by atoms with E-state index in [9.17, 15) is 4.79 Å². The first-order valence-electron chi connectivity index (χ1n) is 14.0. The highest BCUT2D eigenvalue weighted by Gasteiger charge is 2.46. The number of hydrogen-bond donors (Lipinski definition) is 0. The molecule has 0 saturated heterocycles. The molecule has 202 valence electrons. The van der Waals surface area contributed by atoms with E-state index in [-0.39, 0.29) is 23.7 Å². The number of anilines is 1. The van der Waals surface area contributed by atoms with Crippen LogP contribution in [0.25, 0.3) is 10.9 Å². The van der Waals surface area contributed by atoms with E-state index in [1.54, 1.807) is 7.11 Å². The highest BCUT2D eigenvalue weighted by molar-refractivity contribution is 5.98. The number of nitrogens with zero attached hydrogens (tertiary/aromatic N) is 3. The van der Waals surface area contributed by atoms with Gasteiger partial charge in [-0.1, -0.05) is 86.6 Å². The van der Waals surface area contributed by atoms with Gasteiger partial charge in [0, 0.05) is 17.0 Å². The van der Waals surface area contributed by atoms with Gasteiger partial charge in [0.1, 0.15) is 5.75 Å². The molecule has 1 heterocycles. The van der Waals surface area contributed by atoms with Crippen molar-refractivity contribution in [3.63, 3.8) is 0 Å². The lowest BCUT2D eigenvalue weighted by Gasteiger charge is -2.27. The van der Waals surface area contributed by atoms with Crippen molar-refractivity contribution in [2.24, 2.45) is 5.92 Å². The number of aromatic nitrogens is 2. The minimum absolute atomic E-state index is 0.0474. The summed E-state index contributed by atoms with van der Waals surface area (Å²) in [5.41, 5.74) is 6.73. The fourth-order valence-corrected chi connectivity index (χ4v) is 5.65. The first kappa shape index (κ1) is 25.9. The summed E-state index contributed by atoms with van der Waals surface area (Å²) in [6.07, 6.45) is 2.78. The number of benzene rings is 4.